The molecule has 1 saturated heterocycles. The van der Waals surface area contributed by atoms with E-state index in [4.69, 9.17) is 11.6 Å². The highest BCUT2D eigenvalue weighted by Crippen LogP contribution is 2.25. The molecule has 1 aliphatic heterocycles. The number of likely N-dealkylation sites (tertiary alicyclic amines) is 1. The third kappa shape index (κ3) is 2.32. The lowest BCUT2D eigenvalue weighted by Crippen LogP contribution is -2.36. The van der Waals surface area contributed by atoms with Crippen molar-refractivity contribution in [2.75, 3.05) is 7.05 Å². The fourth-order valence-electron chi connectivity index (χ4n) is 1.86. The molecular weight excluding hydrogens is 256 g/mol. The molecule has 6 heteroatoms. The Morgan fingerprint density at radius 3 is 2.78 bits per heavy atom. The van der Waals surface area contributed by atoms with E-state index in [1.165, 1.54) is 13.1 Å². The number of rotatable bonds is 3. The van der Waals surface area contributed by atoms with E-state index in [0.717, 1.165) is 4.90 Å². The van der Waals surface area contributed by atoms with E-state index in [9.17, 15) is 14.7 Å². The fraction of sp³-hybridized carbons (Fsp3) is 0.333. The molecule has 18 heavy (non-hydrogen) atoms. The molecule has 1 fully saturated rings. The molecule has 2 amide bonds. The predicted octanol–water partition coefficient (Wildman–Crippen LogP) is 0.892. The number of nitrogens with one attached hydrogen (secondary N) is 1. The molecule has 1 atom stereocenters. The SMILES string of the molecule is CN1C(=O)CC(NCc2c(O)cccc2Cl)C1=O. The van der Waals surface area contributed by atoms with Gasteiger partial charge in [-0.1, -0.05) is 17.7 Å². The Kier molecular flexibility index (Phi) is 3.54. The van der Waals surface area contributed by atoms with Crippen LogP contribution in [-0.2, 0) is 16.1 Å². The molecule has 0 aromatic heterocycles. The number of nitrogens with zero attached hydrogens (tertiary/aromatic N) is 1. The van der Waals surface area contributed by atoms with E-state index in [-0.39, 0.29) is 30.5 Å². The molecule has 5 nitrogen and oxygen atoms in total. The van der Waals surface area contributed by atoms with Crippen LogP contribution in [0, 0.1) is 0 Å². The summed E-state index contributed by atoms with van der Waals surface area (Å²) in [5.41, 5.74) is 0.522. The van der Waals surface area contributed by atoms with Crippen LogP contribution in [-0.4, -0.2) is 34.9 Å². The van der Waals surface area contributed by atoms with Crippen LogP contribution >= 0.6 is 11.6 Å². The molecule has 2 N–H and O–H groups in total. The van der Waals surface area contributed by atoms with Crippen LogP contribution in [0.4, 0.5) is 0 Å². The van der Waals surface area contributed by atoms with Crippen LogP contribution in [0.5, 0.6) is 5.75 Å². The topological polar surface area (TPSA) is 69.6 Å². The Hall–Kier alpha value is -1.59. The van der Waals surface area contributed by atoms with E-state index in [0.29, 0.717) is 10.6 Å². The number of aromatic hydroxyl groups is 1. The van der Waals surface area contributed by atoms with Crippen molar-refractivity contribution in [3.8, 4) is 5.75 Å². The molecule has 0 aliphatic carbocycles. The number of benzene rings is 1. The van der Waals surface area contributed by atoms with Gasteiger partial charge < -0.3 is 10.4 Å². The molecule has 2 rings (SSSR count). The minimum atomic E-state index is -0.543. The number of likely N-dealkylation sites (N-methyl/N-ethyl adjacent to an activating group) is 1. The van der Waals surface area contributed by atoms with Gasteiger partial charge in [0, 0.05) is 24.2 Å². The highest BCUT2D eigenvalue weighted by atomic mass is 35.5. The Bertz CT molecular complexity index is 484. The number of carbonyl (C=O) groups excluding carboxylic acids is 2. The van der Waals surface area contributed by atoms with Crippen molar-refractivity contribution in [3.63, 3.8) is 0 Å². The zero-order valence-electron chi connectivity index (χ0n) is 9.81. The molecule has 1 aromatic rings. The van der Waals surface area contributed by atoms with Crippen LogP contribution in [0.1, 0.15) is 12.0 Å². The number of carbonyl (C=O) groups is 2. The third-order valence-electron chi connectivity index (χ3n) is 3.00. The molecule has 0 spiro atoms. The minimum Gasteiger partial charge on any atom is -0.508 e. The summed E-state index contributed by atoms with van der Waals surface area (Å²) in [5.74, 6) is -0.396. The Morgan fingerprint density at radius 1 is 1.50 bits per heavy atom. The van der Waals surface area contributed by atoms with Crippen LogP contribution in [0.15, 0.2) is 18.2 Å². The largest absolute Gasteiger partial charge is 0.508 e. The fourth-order valence-corrected chi connectivity index (χ4v) is 2.10. The Labute approximate surface area is 109 Å². The summed E-state index contributed by atoms with van der Waals surface area (Å²) in [7, 11) is 1.46. The van der Waals surface area contributed by atoms with Gasteiger partial charge in [-0.15, -0.1) is 0 Å². The molecule has 1 aromatic carbocycles. The van der Waals surface area contributed by atoms with Gasteiger partial charge in [0.2, 0.25) is 11.8 Å². The van der Waals surface area contributed by atoms with E-state index >= 15 is 0 Å². The number of imide groups is 1. The van der Waals surface area contributed by atoms with Crippen LogP contribution in [0.3, 0.4) is 0 Å². The summed E-state index contributed by atoms with van der Waals surface area (Å²) in [6, 6.07) is 4.28. The van der Waals surface area contributed by atoms with E-state index in [1.807, 2.05) is 0 Å². The summed E-state index contributed by atoms with van der Waals surface area (Å²) in [4.78, 5) is 24.1. The van der Waals surface area contributed by atoms with Crippen molar-refractivity contribution in [2.45, 2.75) is 19.0 Å². The second kappa shape index (κ2) is 4.96. The van der Waals surface area contributed by atoms with Crippen LogP contribution < -0.4 is 5.32 Å². The summed E-state index contributed by atoms with van der Waals surface area (Å²) in [5, 5.41) is 13.0. The second-order valence-corrected chi connectivity index (χ2v) is 4.57. The van der Waals surface area contributed by atoms with Crippen LogP contribution in [0.2, 0.25) is 5.02 Å². The number of halogens is 1. The minimum absolute atomic E-state index is 0.0696. The maximum Gasteiger partial charge on any atom is 0.246 e. The lowest BCUT2D eigenvalue weighted by molar-refractivity contribution is -0.137. The molecule has 0 saturated carbocycles. The van der Waals surface area contributed by atoms with Crippen molar-refractivity contribution in [1.82, 2.24) is 10.2 Å². The summed E-state index contributed by atoms with van der Waals surface area (Å²) >= 11 is 5.95. The highest BCUT2D eigenvalue weighted by molar-refractivity contribution is 6.31. The summed E-state index contributed by atoms with van der Waals surface area (Å²) < 4.78 is 0. The van der Waals surface area contributed by atoms with Crippen molar-refractivity contribution < 1.29 is 14.7 Å². The normalized spacial score (nSPS) is 19.7. The molecule has 1 heterocycles. The van der Waals surface area contributed by atoms with Gasteiger partial charge >= 0.3 is 0 Å². The van der Waals surface area contributed by atoms with Gasteiger partial charge in [-0.25, -0.2) is 0 Å². The first kappa shape index (κ1) is 12.9. The molecule has 0 radical (unpaired) electrons. The highest BCUT2D eigenvalue weighted by Gasteiger charge is 2.35. The van der Waals surface area contributed by atoms with Gasteiger partial charge in [-0.05, 0) is 12.1 Å². The van der Waals surface area contributed by atoms with Gasteiger partial charge in [-0.3, -0.25) is 14.5 Å². The first-order valence-electron chi connectivity index (χ1n) is 5.51. The average molecular weight is 269 g/mol. The number of phenolic OH excluding ortho intramolecular Hbond substituents is 1. The number of phenols is 1. The average Bonchev–Trinajstić information content (AvgIpc) is 2.56. The van der Waals surface area contributed by atoms with Crippen molar-refractivity contribution >= 4 is 23.4 Å². The number of amides is 2. The predicted molar refractivity (Wildman–Crippen MR) is 66.1 cm³/mol. The zero-order valence-corrected chi connectivity index (χ0v) is 10.6. The smallest absolute Gasteiger partial charge is 0.246 e. The van der Waals surface area contributed by atoms with Crippen molar-refractivity contribution in [3.05, 3.63) is 28.8 Å². The maximum atomic E-state index is 11.7. The van der Waals surface area contributed by atoms with Crippen molar-refractivity contribution in [2.24, 2.45) is 0 Å². The van der Waals surface area contributed by atoms with Crippen molar-refractivity contribution in [1.29, 1.82) is 0 Å². The summed E-state index contributed by atoms with van der Waals surface area (Å²) in [6.07, 6.45) is 0.139. The van der Waals surface area contributed by atoms with Gasteiger partial charge in [0.1, 0.15) is 5.75 Å². The van der Waals surface area contributed by atoms with Gasteiger partial charge in [-0.2, -0.15) is 0 Å². The Morgan fingerprint density at radius 2 is 2.22 bits per heavy atom. The van der Waals surface area contributed by atoms with E-state index < -0.39 is 6.04 Å². The third-order valence-corrected chi connectivity index (χ3v) is 3.35. The number of hydrogen-bond donors (Lipinski definition) is 2. The summed E-state index contributed by atoms with van der Waals surface area (Å²) in [6.45, 7) is 0.239. The zero-order chi connectivity index (χ0) is 13.3. The van der Waals surface area contributed by atoms with E-state index in [1.54, 1.807) is 12.1 Å². The first-order valence-corrected chi connectivity index (χ1v) is 5.88. The molecule has 96 valence electrons. The molecule has 0 bridgehead atoms. The van der Waals surface area contributed by atoms with Crippen LogP contribution in [0.25, 0.3) is 0 Å². The van der Waals surface area contributed by atoms with E-state index in [2.05, 4.69) is 5.32 Å². The lowest BCUT2D eigenvalue weighted by atomic mass is 10.1. The first-order chi connectivity index (χ1) is 8.50. The number of hydrogen-bond acceptors (Lipinski definition) is 4. The lowest BCUT2D eigenvalue weighted by Gasteiger charge is -2.12. The quantitative estimate of drug-likeness (QED) is 0.799. The van der Waals surface area contributed by atoms with Gasteiger partial charge in [0.15, 0.2) is 0 Å². The molecular formula is C12H13ClN2O3. The second-order valence-electron chi connectivity index (χ2n) is 4.17. The van der Waals surface area contributed by atoms with Gasteiger partial charge in [0.25, 0.3) is 0 Å². The standard InChI is InChI=1S/C12H13ClN2O3/c1-15-11(17)5-9(12(15)18)14-6-7-8(13)3-2-4-10(7)16/h2-4,9,14,16H,5-6H2,1H3. The monoisotopic (exact) mass is 268 g/mol. The van der Waals surface area contributed by atoms with Gasteiger partial charge in [0.05, 0.1) is 12.5 Å². The molecule has 1 unspecified atom stereocenters. The molecule has 1 aliphatic rings. The maximum absolute atomic E-state index is 11.7. The Balaban J connectivity index is 2.05.